The maximum Gasteiger partial charge on any atom is 0.338 e. The molecule has 1 fully saturated rings. The van der Waals surface area contributed by atoms with Crippen molar-refractivity contribution in [1.82, 2.24) is 14.7 Å². The van der Waals surface area contributed by atoms with Crippen LogP contribution in [0.1, 0.15) is 38.8 Å². The average Bonchev–Trinajstić information content (AvgIpc) is 3.24. The molecule has 4 rings (SSSR count). The Bertz CT molecular complexity index is 1100. The van der Waals surface area contributed by atoms with Crippen molar-refractivity contribution in [3.8, 4) is 11.5 Å². The lowest BCUT2D eigenvalue weighted by molar-refractivity contribution is -0.143. The minimum atomic E-state index is -0.547. The molecule has 1 amide bonds. The molecule has 10 heteroatoms. The lowest BCUT2D eigenvalue weighted by Crippen LogP contribution is -2.47. The van der Waals surface area contributed by atoms with Gasteiger partial charge in [0.25, 0.3) is 0 Å². The number of esters is 1. The molecular formula is C26H34N4O5S. The molecule has 0 bridgehead atoms. The fourth-order valence-electron chi connectivity index (χ4n) is 4.53. The maximum absolute atomic E-state index is 13.4. The van der Waals surface area contributed by atoms with Gasteiger partial charge in [-0.15, -0.1) is 0 Å². The molecule has 1 saturated heterocycles. The van der Waals surface area contributed by atoms with Gasteiger partial charge in [-0.1, -0.05) is 11.8 Å². The summed E-state index contributed by atoms with van der Waals surface area (Å²) in [6.07, 6.45) is -0.0655. The van der Waals surface area contributed by atoms with Gasteiger partial charge in [0.2, 0.25) is 5.91 Å². The summed E-state index contributed by atoms with van der Waals surface area (Å²) in [6, 6.07) is 5.01. The van der Waals surface area contributed by atoms with E-state index >= 15 is 0 Å². The number of amidine groups is 1. The molecule has 0 aliphatic carbocycles. The van der Waals surface area contributed by atoms with Crippen LogP contribution in [0, 0.1) is 0 Å². The van der Waals surface area contributed by atoms with Gasteiger partial charge in [0.1, 0.15) is 11.5 Å². The number of rotatable bonds is 7. The summed E-state index contributed by atoms with van der Waals surface area (Å²) in [5, 5.41) is 2.68. The molecule has 0 N–H and O–H groups in total. The van der Waals surface area contributed by atoms with Crippen LogP contribution in [-0.4, -0.2) is 85.3 Å². The normalized spacial score (nSPS) is 20.2. The molecule has 9 nitrogen and oxygen atoms in total. The van der Waals surface area contributed by atoms with E-state index in [1.54, 1.807) is 20.3 Å². The zero-order valence-corrected chi connectivity index (χ0v) is 22.6. The molecular weight excluding hydrogens is 480 g/mol. The second-order valence-corrected chi connectivity index (χ2v) is 10.2. The summed E-state index contributed by atoms with van der Waals surface area (Å²) in [7, 11) is 5.24. The van der Waals surface area contributed by atoms with Crippen molar-refractivity contribution in [2.24, 2.45) is 4.99 Å². The highest BCUT2D eigenvalue weighted by molar-refractivity contribution is 8.16. The molecule has 0 radical (unpaired) electrons. The standard InChI is InChI=1S/C26H34N4O5S/c1-16(2)35-25(32)23-17(3)27-26-30(24(23)18-11-20(33-5)14-21(12-18)34-6)19(15-36-26)13-22(31)29-9-7-28(4)8-10-29/h11-12,14-16,24H,7-10,13H2,1-6H3/t24-/m1/s1. The fourth-order valence-corrected chi connectivity index (χ4v) is 5.50. The Balaban J connectivity index is 1.73. The largest absolute Gasteiger partial charge is 0.497 e. The highest BCUT2D eigenvalue weighted by Crippen LogP contribution is 2.46. The van der Waals surface area contributed by atoms with E-state index in [-0.39, 0.29) is 18.4 Å². The summed E-state index contributed by atoms with van der Waals surface area (Å²) in [6.45, 7) is 8.59. The van der Waals surface area contributed by atoms with E-state index in [9.17, 15) is 9.59 Å². The second kappa shape index (κ2) is 11.0. The van der Waals surface area contributed by atoms with Crippen molar-refractivity contribution in [1.29, 1.82) is 0 Å². The number of allylic oxidation sites excluding steroid dienone is 1. The lowest BCUT2D eigenvalue weighted by atomic mass is 9.93. The number of thioether (sulfide) groups is 1. The number of methoxy groups -OCH3 is 2. The van der Waals surface area contributed by atoms with Crippen LogP contribution in [0.2, 0.25) is 0 Å². The molecule has 1 aromatic rings. The summed E-state index contributed by atoms with van der Waals surface area (Å²) in [5.74, 6) is 0.844. The number of aliphatic imine (C=N–C) groups is 1. The van der Waals surface area contributed by atoms with E-state index in [4.69, 9.17) is 19.2 Å². The topological polar surface area (TPSA) is 83.9 Å². The molecule has 1 aromatic carbocycles. The van der Waals surface area contributed by atoms with E-state index in [2.05, 4.69) is 11.9 Å². The first-order valence-electron chi connectivity index (χ1n) is 12.1. The predicted molar refractivity (Wildman–Crippen MR) is 140 cm³/mol. The van der Waals surface area contributed by atoms with Crippen LogP contribution in [0.25, 0.3) is 0 Å². The van der Waals surface area contributed by atoms with Crippen molar-refractivity contribution in [2.75, 3.05) is 47.4 Å². The molecule has 0 spiro atoms. The summed E-state index contributed by atoms with van der Waals surface area (Å²) >= 11 is 1.46. The molecule has 3 aliphatic heterocycles. The van der Waals surface area contributed by atoms with Gasteiger partial charge in [-0.25, -0.2) is 9.79 Å². The fraction of sp³-hybridized carbons (Fsp3) is 0.500. The highest BCUT2D eigenvalue weighted by Gasteiger charge is 2.42. The predicted octanol–water partition coefficient (Wildman–Crippen LogP) is 3.39. The Labute approximate surface area is 216 Å². The van der Waals surface area contributed by atoms with Gasteiger partial charge in [-0.3, -0.25) is 4.79 Å². The second-order valence-electron chi connectivity index (χ2n) is 9.35. The van der Waals surface area contributed by atoms with Crippen LogP contribution in [0.4, 0.5) is 0 Å². The Kier molecular flexibility index (Phi) is 7.94. The number of benzene rings is 1. The third kappa shape index (κ3) is 5.39. The van der Waals surface area contributed by atoms with Crippen LogP contribution in [-0.2, 0) is 14.3 Å². The Hall–Kier alpha value is -2.98. The minimum absolute atomic E-state index is 0.0655. The third-order valence-corrected chi connectivity index (χ3v) is 7.33. The number of likely N-dealkylation sites (N-methyl/N-ethyl adjacent to an activating group) is 1. The van der Waals surface area contributed by atoms with E-state index in [1.807, 2.05) is 48.1 Å². The smallest absolute Gasteiger partial charge is 0.338 e. The van der Waals surface area contributed by atoms with Crippen LogP contribution < -0.4 is 9.47 Å². The van der Waals surface area contributed by atoms with Crippen molar-refractivity contribution in [3.63, 3.8) is 0 Å². The van der Waals surface area contributed by atoms with Gasteiger partial charge in [-0.05, 0) is 50.9 Å². The average molecular weight is 515 g/mol. The monoisotopic (exact) mass is 514 g/mol. The molecule has 3 aliphatic rings. The number of amides is 1. The van der Waals surface area contributed by atoms with Crippen LogP contribution in [0.3, 0.4) is 0 Å². The molecule has 0 unspecified atom stereocenters. The molecule has 36 heavy (non-hydrogen) atoms. The van der Waals surface area contributed by atoms with Gasteiger partial charge in [0, 0.05) is 37.9 Å². The molecule has 3 heterocycles. The van der Waals surface area contributed by atoms with Crippen LogP contribution in [0.5, 0.6) is 11.5 Å². The number of piperazine rings is 1. The first kappa shape index (κ1) is 26.1. The third-order valence-electron chi connectivity index (χ3n) is 6.44. The Morgan fingerprint density at radius 1 is 1.08 bits per heavy atom. The number of carbonyl (C=O) groups excluding carboxylic acids is 2. The highest BCUT2D eigenvalue weighted by atomic mass is 32.2. The van der Waals surface area contributed by atoms with E-state index in [0.717, 1.165) is 29.5 Å². The zero-order valence-electron chi connectivity index (χ0n) is 21.7. The zero-order chi connectivity index (χ0) is 26.0. The van der Waals surface area contributed by atoms with E-state index in [1.165, 1.54) is 11.8 Å². The number of nitrogens with zero attached hydrogens (tertiary/aromatic N) is 4. The molecule has 1 atom stereocenters. The van der Waals surface area contributed by atoms with Crippen molar-refractivity contribution < 1.29 is 23.8 Å². The van der Waals surface area contributed by atoms with Gasteiger partial charge < -0.3 is 28.9 Å². The summed E-state index contributed by atoms with van der Waals surface area (Å²) in [4.78, 5) is 37.5. The number of ether oxygens (including phenoxy) is 3. The Morgan fingerprint density at radius 2 is 1.72 bits per heavy atom. The van der Waals surface area contributed by atoms with Crippen LogP contribution >= 0.6 is 11.8 Å². The first-order chi connectivity index (χ1) is 17.2. The summed E-state index contributed by atoms with van der Waals surface area (Å²) < 4.78 is 16.7. The van der Waals surface area contributed by atoms with Crippen molar-refractivity contribution in [3.05, 3.63) is 46.1 Å². The van der Waals surface area contributed by atoms with Gasteiger partial charge >= 0.3 is 5.97 Å². The molecule has 194 valence electrons. The maximum atomic E-state index is 13.4. The molecule has 0 aromatic heterocycles. The number of hydrogen-bond donors (Lipinski definition) is 0. The van der Waals surface area contributed by atoms with Gasteiger partial charge in [-0.2, -0.15) is 0 Å². The number of hydrogen-bond acceptors (Lipinski definition) is 9. The van der Waals surface area contributed by atoms with Crippen LogP contribution in [0.15, 0.2) is 45.6 Å². The van der Waals surface area contributed by atoms with Gasteiger partial charge in [0.15, 0.2) is 5.17 Å². The first-order valence-corrected chi connectivity index (χ1v) is 12.9. The molecule has 0 saturated carbocycles. The van der Waals surface area contributed by atoms with Crippen molar-refractivity contribution >= 4 is 28.8 Å². The minimum Gasteiger partial charge on any atom is -0.497 e. The van der Waals surface area contributed by atoms with E-state index < -0.39 is 12.0 Å². The van der Waals surface area contributed by atoms with E-state index in [0.29, 0.717) is 35.9 Å². The van der Waals surface area contributed by atoms with Gasteiger partial charge in [0.05, 0.1) is 44.1 Å². The summed E-state index contributed by atoms with van der Waals surface area (Å²) in [5.41, 5.74) is 2.61. The Morgan fingerprint density at radius 3 is 2.31 bits per heavy atom. The van der Waals surface area contributed by atoms with Crippen molar-refractivity contribution in [2.45, 2.75) is 39.3 Å². The lowest BCUT2D eigenvalue weighted by Gasteiger charge is -2.37. The SMILES string of the molecule is COc1cc(OC)cc([C@@H]2C(C(=O)OC(C)C)=C(C)N=C3SC=C(CC(=O)N4CCN(C)CC4)N32)c1. The number of carbonyl (C=O) groups is 2. The quantitative estimate of drug-likeness (QED) is 0.512. The number of fused-ring (bicyclic) bond motifs is 1.